The number of likely N-dealkylation sites (N-methyl/N-ethyl adjacent to an activating group) is 2. The van der Waals surface area contributed by atoms with Gasteiger partial charge in [0.05, 0.1) is 35.1 Å². The van der Waals surface area contributed by atoms with Gasteiger partial charge >= 0.3 is 0 Å². The van der Waals surface area contributed by atoms with Crippen LogP contribution in [0.2, 0.25) is 0 Å². The highest BCUT2D eigenvalue weighted by Crippen LogP contribution is 2.65. The summed E-state index contributed by atoms with van der Waals surface area (Å²) in [5.41, 5.74) is -0.362. The van der Waals surface area contributed by atoms with Crippen molar-refractivity contribution in [3.63, 3.8) is 0 Å². The summed E-state index contributed by atoms with van der Waals surface area (Å²) < 4.78 is 34.1. The minimum Gasteiger partial charge on any atom is -0.454 e. The van der Waals surface area contributed by atoms with E-state index in [0.717, 1.165) is 23.5 Å². The van der Waals surface area contributed by atoms with Gasteiger partial charge in [-0.1, -0.05) is 84.9 Å². The Morgan fingerprint density at radius 1 is 0.500 bits per heavy atom. The van der Waals surface area contributed by atoms with Gasteiger partial charge < -0.3 is 58.7 Å². The van der Waals surface area contributed by atoms with Crippen LogP contribution in [0, 0.1) is 33.5 Å². The first-order chi connectivity index (χ1) is 43.0. The fraction of sp³-hybridized carbons (Fsp3) is 0.281. The minimum absolute atomic E-state index is 0.0147. The summed E-state index contributed by atoms with van der Waals surface area (Å²) >= 11 is 14.5. The number of fused-ring (bicyclic) bond motifs is 4. The fourth-order valence-electron chi connectivity index (χ4n) is 12.0. The lowest BCUT2D eigenvalue weighted by Gasteiger charge is -2.52. The maximum atomic E-state index is 15.0. The molecule has 0 aliphatic carbocycles. The van der Waals surface area contributed by atoms with E-state index in [1.807, 2.05) is 18.2 Å². The Labute approximate surface area is 546 Å². The second kappa shape index (κ2) is 24.7. The second-order valence-corrected chi connectivity index (χ2v) is 28.8. The molecule has 0 spiro atoms. The van der Waals surface area contributed by atoms with E-state index in [0.29, 0.717) is 80.5 Å². The Morgan fingerprint density at radius 2 is 0.856 bits per heavy atom. The zero-order chi connectivity index (χ0) is 64.0. The Hall–Kier alpha value is -8.50. The van der Waals surface area contributed by atoms with E-state index in [2.05, 4.69) is 22.8 Å². The number of nitrogens with one attached hydrogen (secondary N) is 2. The van der Waals surface area contributed by atoms with Gasteiger partial charge in [-0.25, -0.2) is 0 Å². The molecule has 0 radical (unpaired) electrons. The number of ether oxygens (including phenoxy) is 6. The summed E-state index contributed by atoms with van der Waals surface area (Å²) in [5.74, 6) is 0.935. The average Bonchev–Trinajstić information content (AvgIpc) is 1.51. The predicted octanol–water partition coefficient (Wildman–Crippen LogP) is 12.3. The van der Waals surface area contributed by atoms with Gasteiger partial charge in [-0.2, -0.15) is 10.5 Å². The first-order valence-corrected chi connectivity index (χ1v) is 32.0. The van der Waals surface area contributed by atoms with Crippen LogP contribution in [0.15, 0.2) is 158 Å². The molecule has 6 amide bonds. The summed E-state index contributed by atoms with van der Waals surface area (Å²) in [6.07, 6.45) is -0.159. The number of para-hydroxylation sites is 4. The van der Waals surface area contributed by atoms with Crippen molar-refractivity contribution < 1.29 is 57.2 Å². The Bertz CT molecular complexity index is 3730. The first kappa shape index (κ1) is 63.1. The first-order valence-electron chi connectivity index (χ1n) is 27.9. The van der Waals surface area contributed by atoms with Gasteiger partial charge in [0, 0.05) is 38.3 Å². The lowest BCUT2D eigenvalue weighted by Crippen LogP contribution is -2.71. The summed E-state index contributed by atoms with van der Waals surface area (Å²) in [6, 6.07) is 48.7. The van der Waals surface area contributed by atoms with E-state index in [1.54, 1.807) is 167 Å². The van der Waals surface area contributed by atoms with Gasteiger partial charge in [0.15, 0.2) is 42.5 Å². The standard InChI is InChI=1S/C32H29N5O6S2.C32H27N3O6S4/c1-30(18-33)17-32(45-29(41)35-22-12-8-5-9-13-22)27(39)36(3)31(2,44-28(40)34-21-10-6-4-7-11-21)26(38)37(32)25(30)20-14-15-23-24(16-20)43-19-42-23;1-30(18-33)17-32(45-29(43)41-22-12-8-5-9-13-22)27(37)34(3)31(2,44-28(42)40-21-10-6-4-7-11-21)26(36)35(32)25(30)20-14-15-23-24(16-20)39-19-38-23/h4-16,25H,17,19H2,1-3H3,(H,34,40)(H,35,41);4-16,25H,17,19H2,1-3H3/t2*25?,30-,31+,32+/m11/s1. The maximum Gasteiger partial charge on any atom is 0.286 e. The van der Waals surface area contributed by atoms with E-state index >= 15 is 0 Å². The van der Waals surface area contributed by atoms with Gasteiger partial charge in [-0.05, 0) is 183 Å². The van der Waals surface area contributed by atoms with Crippen molar-refractivity contribution in [3.05, 3.63) is 169 Å². The van der Waals surface area contributed by atoms with Crippen LogP contribution in [-0.2, 0) is 19.2 Å². The highest BCUT2D eigenvalue weighted by atomic mass is 32.2. The molecule has 460 valence electrons. The molecule has 2 unspecified atom stereocenters. The maximum absolute atomic E-state index is 15.0. The Kier molecular flexibility index (Phi) is 17.3. The summed E-state index contributed by atoms with van der Waals surface area (Å²) in [4.78, 5) is 84.8. The molecule has 6 aliphatic heterocycles. The van der Waals surface area contributed by atoms with Crippen molar-refractivity contribution in [3.8, 4) is 46.6 Å². The van der Waals surface area contributed by atoms with E-state index in [4.69, 9.17) is 52.9 Å². The lowest BCUT2D eigenvalue weighted by atomic mass is 9.79. The molecule has 12 rings (SSSR count). The number of anilines is 2. The monoisotopic (exact) mass is 1320 g/mol. The highest BCUT2D eigenvalue weighted by molar-refractivity contribution is 8.24. The lowest BCUT2D eigenvalue weighted by molar-refractivity contribution is -0.163. The van der Waals surface area contributed by atoms with Crippen LogP contribution in [0.1, 0.15) is 63.7 Å². The highest BCUT2D eigenvalue weighted by Gasteiger charge is 2.74. The van der Waals surface area contributed by atoms with Crippen molar-refractivity contribution in [2.45, 2.75) is 72.1 Å². The van der Waals surface area contributed by atoms with Crippen LogP contribution in [0.3, 0.4) is 0 Å². The predicted molar refractivity (Wildman–Crippen MR) is 349 cm³/mol. The molecule has 90 heavy (non-hydrogen) atoms. The van der Waals surface area contributed by atoms with Crippen LogP contribution >= 0.6 is 71.5 Å². The summed E-state index contributed by atoms with van der Waals surface area (Å²) in [7, 11) is 2.99. The Balaban J connectivity index is 0.000000185. The smallest absolute Gasteiger partial charge is 0.286 e. The molecule has 0 aromatic heterocycles. The van der Waals surface area contributed by atoms with Crippen LogP contribution in [-0.4, -0.2) is 110 Å². The number of nitrogens with zero attached hydrogens (tertiary/aromatic N) is 6. The molecular formula is C64H56N8O12S6. The number of thioether (sulfide) groups is 4. The second-order valence-electron chi connectivity index (χ2n) is 22.4. The normalized spacial score (nSPS) is 26.7. The van der Waals surface area contributed by atoms with Crippen molar-refractivity contribution in [1.29, 1.82) is 10.5 Å². The summed E-state index contributed by atoms with van der Waals surface area (Å²) in [6.45, 7) is 6.63. The van der Waals surface area contributed by atoms with Crippen molar-refractivity contribution in [2.75, 3.05) is 38.3 Å². The topological polar surface area (TPSA) is 242 Å². The van der Waals surface area contributed by atoms with Crippen molar-refractivity contribution in [1.82, 2.24) is 19.6 Å². The number of hydrogen-bond donors (Lipinski definition) is 2. The number of piperazine rings is 2. The molecule has 4 saturated heterocycles. The third kappa shape index (κ3) is 11.4. The SMILES string of the molecule is CN1C(=O)[C@@]2(SC(=O)Nc3ccccc3)C[C@](C)(C#N)C(c3ccc4c(c3)OCO4)N2C(=O)[C@]1(C)SC(=O)Nc1ccccc1.CN1C(=O)[C@@]2(SC(=S)Oc3ccccc3)C[C@](C)(C#N)C(c3ccc4c(c3)OCO4)N2C(=O)[C@]1(C)SC(=S)Oc1ccccc1. The zero-order valence-corrected chi connectivity index (χ0v) is 53.9. The summed E-state index contributed by atoms with van der Waals surface area (Å²) in [5, 5.41) is 25.7. The third-order valence-electron chi connectivity index (χ3n) is 16.5. The van der Waals surface area contributed by atoms with E-state index < -0.39 is 76.5 Å². The molecule has 4 fully saturated rings. The zero-order valence-electron chi connectivity index (χ0n) is 49.0. The van der Waals surface area contributed by atoms with Gasteiger partial charge in [-0.15, -0.1) is 0 Å². The molecule has 0 saturated carbocycles. The number of amides is 6. The van der Waals surface area contributed by atoms with Gasteiger partial charge in [0.2, 0.25) is 22.4 Å². The van der Waals surface area contributed by atoms with E-state index in [-0.39, 0.29) is 35.2 Å². The number of carbonyl (C=O) groups excluding carboxylic acids is 6. The fourth-order valence-corrected chi connectivity index (χ4v) is 17.5. The van der Waals surface area contributed by atoms with E-state index in [9.17, 15) is 39.3 Å². The minimum atomic E-state index is -1.80. The van der Waals surface area contributed by atoms with Crippen molar-refractivity contribution in [2.24, 2.45) is 10.8 Å². The number of carbonyl (C=O) groups is 6. The third-order valence-corrected chi connectivity index (χ3v) is 21.6. The van der Waals surface area contributed by atoms with E-state index in [1.165, 1.54) is 33.6 Å². The average molecular weight is 1320 g/mol. The number of thiocarbonyl (C=S) groups is 2. The Morgan fingerprint density at radius 3 is 1.27 bits per heavy atom. The number of nitriles is 2. The number of rotatable bonds is 10. The molecule has 6 aromatic rings. The quantitative estimate of drug-likeness (QED) is 0.121. The molecule has 2 N–H and O–H groups in total. The van der Waals surface area contributed by atoms with Gasteiger partial charge in [0.25, 0.3) is 34.1 Å². The van der Waals surface area contributed by atoms with Gasteiger partial charge in [0.1, 0.15) is 11.5 Å². The molecule has 20 nitrogen and oxygen atoms in total. The molecule has 6 aromatic carbocycles. The largest absolute Gasteiger partial charge is 0.454 e. The van der Waals surface area contributed by atoms with Gasteiger partial charge in [-0.3, -0.25) is 28.8 Å². The van der Waals surface area contributed by atoms with Crippen LogP contribution < -0.4 is 39.1 Å². The molecular weight excluding hydrogens is 1270 g/mol. The molecule has 26 heteroatoms. The molecule has 8 atom stereocenters. The van der Waals surface area contributed by atoms with Crippen LogP contribution in [0.4, 0.5) is 21.0 Å². The van der Waals surface area contributed by atoms with Crippen molar-refractivity contribution >= 4 is 126 Å². The number of hydrogen-bond acceptors (Lipinski definition) is 20. The molecule has 6 aliphatic rings. The molecule has 6 heterocycles. The molecule has 0 bridgehead atoms. The number of benzene rings is 6. The van der Waals surface area contributed by atoms with Crippen LogP contribution in [0.25, 0.3) is 0 Å². The van der Waals surface area contributed by atoms with Crippen LogP contribution in [0.5, 0.6) is 34.5 Å².